The fraction of sp³-hybridized carbons (Fsp3) is 0.258. The van der Waals surface area contributed by atoms with E-state index in [0.29, 0.717) is 39.2 Å². The Hall–Kier alpha value is -3.39. The average molecular weight is 615 g/mol. The zero-order valence-electron chi connectivity index (χ0n) is 21.9. The molecule has 1 heterocycles. The molecule has 1 aromatic heterocycles. The number of benzene rings is 3. The normalized spacial score (nSPS) is 15.6. The quantitative estimate of drug-likeness (QED) is 0.202. The van der Waals surface area contributed by atoms with E-state index in [1.54, 1.807) is 22.9 Å². The van der Waals surface area contributed by atoms with Crippen LogP contribution in [0.1, 0.15) is 58.1 Å². The first kappa shape index (κ1) is 29.1. The molecular formula is C31H27Cl3FN3O3. The Labute approximate surface area is 252 Å². The van der Waals surface area contributed by atoms with E-state index < -0.39 is 23.7 Å². The largest absolute Gasteiger partial charge is 0.480 e. The summed E-state index contributed by atoms with van der Waals surface area (Å²) in [4.78, 5) is 25.8. The number of carboxylic acids is 1. The average Bonchev–Trinajstić information content (AvgIpc) is 3.18. The summed E-state index contributed by atoms with van der Waals surface area (Å²) in [6.45, 7) is 0. The number of carbonyl (C=O) groups is 2. The lowest BCUT2D eigenvalue weighted by molar-refractivity contribution is -0.139. The molecule has 0 spiro atoms. The lowest BCUT2D eigenvalue weighted by Crippen LogP contribution is -2.42. The van der Waals surface area contributed by atoms with Crippen LogP contribution in [-0.4, -0.2) is 32.8 Å². The van der Waals surface area contributed by atoms with Crippen LogP contribution in [0.4, 0.5) is 4.39 Å². The minimum Gasteiger partial charge on any atom is -0.480 e. The fourth-order valence-corrected chi connectivity index (χ4v) is 6.11. The number of nitrogens with one attached hydrogen (secondary N) is 1. The summed E-state index contributed by atoms with van der Waals surface area (Å²) >= 11 is 19.1. The number of fused-ring (bicyclic) bond motifs is 1. The third kappa shape index (κ3) is 6.75. The van der Waals surface area contributed by atoms with Gasteiger partial charge in [0.05, 0.1) is 16.4 Å². The summed E-state index contributed by atoms with van der Waals surface area (Å²) in [6.07, 6.45) is 3.91. The zero-order valence-corrected chi connectivity index (χ0v) is 24.2. The number of hydrogen-bond donors (Lipinski definition) is 2. The highest BCUT2D eigenvalue weighted by Crippen LogP contribution is 2.38. The maximum atomic E-state index is 13.7. The summed E-state index contributed by atoms with van der Waals surface area (Å²) in [5.41, 5.74) is 4.01. The van der Waals surface area contributed by atoms with E-state index in [1.807, 2.05) is 24.3 Å². The van der Waals surface area contributed by atoms with Gasteiger partial charge in [-0.05, 0) is 79.3 Å². The SMILES string of the molecule is O=C(N[C@H](Cc1ccc(F)cc1)C(=O)O)c1nn(-c2ccc(Cl)cc2Cl)c2c1CCCCC2Cc1cccc(Cl)c1. The number of halogens is 4. The first-order chi connectivity index (χ1) is 19.7. The number of carbonyl (C=O) groups excluding carboxylic acids is 1. The Kier molecular flexibility index (Phi) is 8.97. The maximum Gasteiger partial charge on any atom is 0.326 e. The topological polar surface area (TPSA) is 84.2 Å². The molecule has 0 saturated carbocycles. The molecule has 1 aliphatic rings. The summed E-state index contributed by atoms with van der Waals surface area (Å²) in [7, 11) is 0. The van der Waals surface area contributed by atoms with Gasteiger partial charge >= 0.3 is 5.97 Å². The van der Waals surface area contributed by atoms with Crippen LogP contribution in [0, 0.1) is 5.82 Å². The molecule has 0 bridgehead atoms. The van der Waals surface area contributed by atoms with Gasteiger partial charge in [-0.1, -0.05) is 65.5 Å². The molecule has 212 valence electrons. The number of rotatable bonds is 8. The highest BCUT2D eigenvalue weighted by molar-refractivity contribution is 6.35. The van der Waals surface area contributed by atoms with E-state index in [-0.39, 0.29) is 18.0 Å². The van der Waals surface area contributed by atoms with Gasteiger partial charge in [-0.3, -0.25) is 4.79 Å². The third-order valence-electron chi connectivity index (χ3n) is 7.32. The third-order valence-corrected chi connectivity index (χ3v) is 8.09. The second-order valence-corrected chi connectivity index (χ2v) is 11.5. The van der Waals surface area contributed by atoms with Crippen LogP contribution < -0.4 is 5.32 Å². The van der Waals surface area contributed by atoms with Gasteiger partial charge in [0, 0.05) is 27.9 Å². The second kappa shape index (κ2) is 12.6. The van der Waals surface area contributed by atoms with E-state index >= 15 is 0 Å². The van der Waals surface area contributed by atoms with E-state index in [2.05, 4.69) is 5.32 Å². The molecule has 0 aliphatic heterocycles. The molecule has 1 amide bonds. The number of amides is 1. The predicted molar refractivity (Wildman–Crippen MR) is 158 cm³/mol. The lowest BCUT2D eigenvalue weighted by atomic mass is 9.91. The summed E-state index contributed by atoms with van der Waals surface area (Å²) in [5.74, 6) is -2.22. The minimum absolute atomic E-state index is 0.00115. The van der Waals surface area contributed by atoms with Gasteiger partial charge in [-0.2, -0.15) is 5.10 Å². The Morgan fingerprint density at radius 1 is 1.00 bits per heavy atom. The molecule has 6 nitrogen and oxygen atoms in total. The lowest BCUT2D eigenvalue weighted by Gasteiger charge is -2.19. The number of nitrogens with zero attached hydrogens (tertiary/aromatic N) is 2. The molecule has 2 N–H and O–H groups in total. The monoisotopic (exact) mass is 613 g/mol. The van der Waals surface area contributed by atoms with E-state index in [4.69, 9.17) is 39.9 Å². The summed E-state index contributed by atoms with van der Waals surface area (Å²) < 4.78 is 15.1. The zero-order chi connectivity index (χ0) is 29.1. The molecule has 0 saturated heterocycles. The molecule has 1 aliphatic carbocycles. The van der Waals surface area contributed by atoms with Gasteiger partial charge in [0.1, 0.15) is 11.9 Å². The van der Waals surface area contributed by atoms with Crippen molar-refractivity contribution in [2.24, 2.45) is 0 Å². The van der Waals surface area contributed by atoms with Gasteiger partial charge in [0.25, 0.3) is 5.91 Å². The van der Waals surface area contributed by atoms with Crippen LogP contribution in [-0.2, 0) is 24.1 Å². The van der Waals surface area contributed by atoms with Crippen molar-refractivity contribution < 1.29 is 19.1 Å². The van der Waals surface area contributed by atoms with Crippen molar-refractivity contribution in [3.05, 3.63) is 116 Å². The van der Waals surface area contributed by atoms with Crippen molar-refractivity contribution in [1.29, 1.82) is 0 Å². The summed E-state index contributed by atoms with van der Waals surface area (Å²) in [5, 5.41) is 18.8. The van der Waals surface area contributed by atoms with E-state index in [1.165, 1.54) is 24.3 Å². The Balaban J connectivity index is 1.56. The van der Waals surface area contributed by atoms with Crippen LogP contribution in [0.25, 0.3) is 5.69 Å². The predicted octanol–water partition coefficient (Wildman–Crippen LogP) is 7.45. The molecule has 10 heteroatoms. The highest BCUT2D eigenvalue weighted by Gasteiger charge is 2.32. The minimum atomic E-state index is -1.24. The van der Waals surface area contributed by atoms with Crippen molar-refractivity contribution in [2.45, 2.75) is 50.5 Å². The standard InChI is InChI=1S/C31H27Cl3FN3O3/c32-21-6-3-4-19(15-21)14-20-5-1-2-7-24-28(37-38(29(20)24)27-13-10-22(33)17-25(27)34)30(39)36-26(31(40)41)16-18-8-11-23(35)12-9-18/h3-4,6,8-13,15,17,20,26H,1-2,5,7,14,16H2,(H,36,39)(H,40,41)/t20?,26-/m1/s1. The van der Waals surface area contributed by atoms with Gasteiger partial charge in [-0.25, -0.2) is 13.9 Å². The maximum absolute atomic E-state index is 13.7. The molecule has 1 unspecified atom stereocenters. The first-order valence-corrected chi connectivity index (χ1v) is 14.4. The van der Waals surface area contributed by atoms with E-state index in [0.717, 1.165) is 36.1 Å². The highest BCUT2D eigenvalue weighted by atomic mass is 35.5. The molecule has 41 heavy (non-hydrogen) atoms. The molecule has 5 rings (SSSR count). The first-order valence-electron chi connectivity index (χ1n) is 13.3. The molecule has 0 radical (unpaired) electrons. The molecule has 2 atom stereocenters. The van der Waals surface area contributed by atoms with Crippen LogP contribution in [0.15, 0.2) is 66.7 Å². The van der Waals surface area contributed by atoms with E-state index in [9.17, 15) is 19.1 Å². The smallest absolute Gasteiger partial charge is 0.326 e. The van der Waals surface area contributed by atoms with Crippen LogP contribution >= 0.6 is 34.8 Å². The number of aliphatic carboxylic acids is 1. The van der Waals surface area contributed by atoms with Gasteiger partial charge < -0.3 is 10.4 Å². The molecule has 3 aromatic carbocycles. The molecule has 0 fully saturated rings. The van der Waals surface area contributed by atoms with Crippen molar-refractivity contribution in [3.63, 3.8) is 0 Å². The van der Waals surface area contributed by atoms with Crippen LogP contribution in [0.5, 0.6) is 0 Å². The Bertz CT molecular complexity index is 1590. The van der Waals surface area contributed by atoms with Gasteiger partial charge in [-0.15, -0.1) is 0 Å². The summed E-state index contributed by atoms with van der Waals surface area (Å²) in [6, 6.07) is 17.1. The van der Waals surface area contributed by atoms with Gasteiger partial charge in [0.15, 0.2) is 5.69 Å². The van der Waals surface area contributed by atoms with Crippen molar-refractivity contribution in [3.8, 4) is 5.69 Å². The van der Waals surface area contributed by atoms with Crippen molar-refractivity contribution >= 4 is 46.7 Å². The van der Waals surface area contributed by atoms with Crippen LogP contribution in [0.2, 0.25) is 15.1 Å². The number of carboxylic acid groups (broad SMARTS) is 1. The Morgan fingerprint density at radius 3 is 2.46 bits per heavy atom. The molecule has 4 aromatic rings. The Morgan fingerprint density at radius 2 is 1.76 bits per heavy atom. The fourth-order valence-electron chi connectivity index (χ4n) is 5.41. The molecular weight excluding hydrogens is 588 g/mol. The number of aromatic nitrogens is 2. The van der Waals surface area contributed by atoms with Crippen molar-refractivity contribution in [1.82, 2.24) is 15.1 Å². The van der Waals surface area contributed by atoms with Gasteiger partial charge in [0.2, 0.25) is 0 Å². The van der Waals surface area contributed by atoms with Crippen molar-refractivity contribution in [2.75, 3.05) is 0 Å². The van der Waals surface area contributed by atoms with Crippen LogP contribution in [0.3, 0.4) is 0 Å². The second-order valence-electron chi connectivity index (χ2n) is 10.2. The number of hydrogen-bond acceptors (Lipinski definition) is 3.